The molecule has 1 saturated heterocycles. The molecule has 0 bridgehead atoms. The Kier molecular flexibility index (Phi) is 4.06. The first-order valence-corrected chi connectivity index (χ1v) is 7.51. The van der Waals surface area contributed by atoms with Crippen molar-refractivity contribution in [3.8, 4) is 0 Å². The largest absolute Gasteiger partial charge is 0.314 e. The predicted molar refractivity (Wildman–Crippen MR) is 75.9 cm³/mol. The van der Waals surface area contributed by atoms with Crippen molar-refractivity contribution in [1.29, 1.82) is 0 Å². The second-order valence-electron chi connectivity index (χ2n) is 5.65. The van der Waals surface area contributed by atoms with E-state index >= 15 is 0 Å². The number of piperazine rings is 1. The Morgan fingerprint density at radius 3 is 2.68 bits per heavy atom. The zero-order valence-electron chi connectivity index (χ0n) is 11.0. The zero-order chi connectivity index (χ0) is 13.2. The highest BCUT2D eigenvalue weighted by Crippen LogP contribution is 2.40. The van der Waals surface area contributed by atoms with Crippen molar-refractivity contribution >= 4 is 11.6 Å². The van der Waals surface area contributed by atoms with E-state index in [4.69, 9.17) is 11.6 Å². The maximum atomic E-state index is 13.3. The first kappa shape index (κ1) is 13.3. The van der Waals surface area contributed by atoms with Gasteiger partial charge in [0.25, 0.3) is 0 Å². The molecule has 1 heterocycles. The van der Waals surface area contributed by atoms with Gasteiger partial charge in [-0.2, -0.15) is 0 Å². The van der Waals surface area contributed by atoms with E-state index in [1.807, 2.05) is 12.1 Å². The molecule has 1 atom stereocenters. The van der Waals surface area contributed by atoms with Gasteiger partial charge in [0.15, 0.2) is 0 Å². The van der Waals surface area contributed by atoms with Crippen LogP contribution in [0.2, 0.25) is 5.02 Å². The van der Waals surface area contributed by atoms with Gasteiger partial charge < -0.3 is 5.32 Å². The topological polar surface area (TPSA) is 15.3 Å². The fourth-order valence-corrected chi connectivity index (χ4v) is 3.07. The molecule has 2 aliphatic rings. The predicted octanol–water partition coefficient (Wildman–Crippen LogP) is 3.23. The van der Waals surface area contributed by atoms with Gasteiger partial charge in [0, 0.05) is 32.2 Å². The molecule has 1 N–H and O–H groups in total. The molecule has 2 fully saturated rings. The van der Waals surface area contributed by atoms with Crippen molar-refractivity contribution < 1.29 is 4.39 Å². The number of benzene rings is 1. The van der Waals surface area contributed by atoms with E-state index in [-0.39, 0.29) is 10.8 Å². The monoisotopic (exact) mass is 282 g/mol. The molecule has 0 aromatic heterocycles. The Balaban J connectivity index is 1.81. The number of nitrogens with one attached hydrogen (secondary N) is 1. The molecule has 104 valence electrons. The molecule has 0 unspecified atom stereocenters. The lowest BCUT2D eigenvalue weighted by molar-refractivity contribution is 0.160. The SMILES string of the molecule is Fc1ccc([C@H](CC2CC2)N2CCNCC2)cc1Cl. The molecule has 1 saturated carbocycles. The Morgan fingerprint density at radius 1 is 1.32 bits per heavy atom. The second-order valence-corrected chi connectivity index (χ2v) is 6.06. The summed E-state index contributed by atoms with van der Waals surface area (Å²) in [5.74, 6) is 0.527. The van der Waals surface area contributed by atoms with E-state index in [0.29, 0.717) is 6.04 Å². The molecule has 0 amide bonds. The van der Waals surface area contributed by atoms with Gasteiger partial charge in [-0.1, -0.05) is 30.5 Å². The van der Waals surface area contributed by atoms with Crippen LogP contribution >= 0.6 is 11.6 Å². The standard InChI is InChI=1S/C15H20ClFN2/c16-13-10-12(3-4-14(13)17)15(9-11-1-2-11)19-7-5-18-6-8-19/h3-4,10-11,15,18H,1-2,5-9H2/t15-/m0/s1. The summed E-state index contributed by atoms with van der Waals surface area (Å²) in [5.41, 5.74) is 1.17. The van der Waals surface area contributed by atoms with E-state index in [1.165, 1.54) is 30.9 Å². The molecule has 0 radical (unpaired) electrons. The van der Waals surface area contributed by atoms with Crippen molar-refractivity contribution in [3.05, 3.63) is 34.6 Å². The molecular weight excluding hydrogens is 263 g/mol. The lowest BCUT2D eigenvalue weighted by Crippen LogP contribution is -2.45. The zero-order valence-corrected chi connectivity index (χ0v) is 11.8. The number of hydrogen-bond donors (Lipinski definition) is 1. The van der Waals surface area contributed by atoms with Gasteiger partial charge in [0.2, 0.25) is 0 Å². The third kappa shape index (κ3) is 3.28. The minimum Gasteiger partial charge on any atom is -0.314 e. The fourth-order valence-electron chi connectivity index (χ4n) is 2.88. The summed E-state index contributed by atoms with van der Waals surface area (Å²) < 4.78 is 13.3. The molecular formula is C15H20ClFN2. The minimum atomic E-state index is -0.323. The molecule has 1 aromatic carbocycles. The molecule has 0 spiro atoms. The molecule has 4 heteroatoms. The molecule has 3 rings (SSSR count). The van der Waals surface area contributed by atoms with E-state index in [9.17, 15) is 4.39 Å². The Hall–Kier alpha value is -0.640. The normalized spacial score (nSPS) is 22.4. The summed E-state index contributed by atoms with van der Waals surface area (Å²) >= 11 is 5.94. The van der Waals surface area contributed by atoms with Crippen molar-refractivity contribution in [3.63, 3.8) is 0 Å². The van der Waals surface area contributed by atoms with Crippen LogP contribution in [0.25, 0.3) is 0 Å². The van der Waals surface area contributed by atoms with E-state index in [2.05, 4.69) is 10.2 Å². The van der Waals surface area contributed by atoms with Gasteiger partial charge in [-0.15, -0.1) is 0 Å². The third-order valence-electron chi connectivity index (χ3n) is 4.17. The Bertz CT molecular complexity index is 442. The summed E-state index contributed by atoms with van der Waals surface area (Å²) in [7, 11) is 0. The summed E-state index contributed by atoms with van der Waals surface area (Å²) in [5, 5.41) is 3.63. The van der Waals surface area contributed by atoms with Crippen molar-refractivity contribution in [2.24, 2.45) is 5.92 Å². The first-order valence-electron chi connectivity index (χ1n) is 7.14. The van der Waals surface area contributed by atoms with E-state index in [0.717, 1.165) is 32.1 Å². The highest BCUT2D eigenvalue weighted by molar-refractivity contribution is 6.30. The highest BCUT2D eigenvalue weighted by atomic mass is 35.5. The average Bonchev–Trinajstić information content (AvgIpc) is 3.24. The molecule has 1 aliphatic heterocycles. The number of nitrogens with zero attached hydrogens (tertiary/aromatic N) is 1. The van der Waals surface area contributed by atoms with Crippen molar-refractivity contribution in [2.75, 3.05) is 26.2 Å². The average molecular weight is 283 g/mol. The Labute approximate surface area is 118 Å². The van der Waals surface area contributed by atoms with Crippen LogP contribution in [0, 0.1) is 11.7 Å². The van der Waals surface area contributed by atoms with Crippen LogP contribution in [0.3, 0.4) is 0 Å². The van der Waals surface area contributed by atoms with Crippen LogP contribution in [0.4, 0.5) is 4.39 Å². The van der Waals surface area contributed by atoms with Crippen LogP contribution < -0.4 is 5.32 Å². The summed E-state index contributed by atoms with van der Waals surface area (Å²) in [6, 6.07) is 5.61. The van der Waals surface area contributed by atoms with Crippen LogP contribution in [-0.4, -0.2) is 31.1 Å². The van der Waals surface area contributed by atoms with Gasteiger partial charge in [-0.25, -0.2) is 4.39 Å². The molecule has 2 nitrogen and oxygen atoms in total. The highest BCUT2D eigenvalue weighted by Gasteiger charge is 2.30. The van der Waals surface area contributed by atoms with Crippen LogP contribution in [0.5, 0.6) is 0 Å². The summed E-state index contributed by atoms with van der Waals surface area (Å²) in [6.07, 6.45) is 3.87. The van der Waals surface area contributed by atoms with Gasteiger partial charge in [-0.3, -0.25) is 4.90 Å². The van der Waals surface area contributed by atoms with Crippen LogP contribution in [-0.2, 0) is 0 Å². The Morgan fingerprint density at radius 2 is 2.05 bits per heavy atom. The summed E-state index contributed by atoms with van der Waals surface area (Å²) in [4.78, 5) is 2.51. The third-order valence-corrected chi connectivity index (χ3v) is 4.46. The van der Waals surface area contributed by atoms with Crippen LogP contribution in [0.15, 0.2) is 18.2 Å². The lowest BCUT2D eigenvalue weighted by atomic mass is 9.98. The van der Waals surface area contributed by atoms with E-state index < -0.39 is 0 Å². The van der Waals surface area contributed by atoms with Crippen molar-refractivity contribution in [2.45, 2.75) is 25.3 Å². The number of hydrogen-bond acceptors (Lipinski definition) is 2. The molecule has 1 aromatic rings. The smallest absolute Gasteiger partial charge is 0.141 e. The van der Waals surface area contributed by atoms with Gasteiger partial charge in [-0.05, 0) is 30.0 Å². The maximum absolute atomic E-state index is 13.3. The summed E-state index contributed by atoms with van der Waals surface area (Å²) in [6.45, 7) is 4.20. The second kappa shape index (κ2) is 5.78. The molecule has 19 heavy (non-hydrogen) atoms. The van der Waals surface area contributed by atoms with Crippen LogP contribution in [0.1, 0.15) is 30.9 Å². The number of halogens is 2. The van der Waals surface area contributed by atoms with Gasteiger partial charge in [0.05, 0.1) is 5.02 Å². The first-order chi connectivity index (χ1) is 9.24. The van der Waals surface area contributed by atoms with Crippen molar-refractivity contribution in [1.82, 2.24) is 10.2 Å². The maximum Gasteiger partial charge on any atom is 0.141 e. The molecule has 1 aliphatic carbocycles. The minimum absolute atomic E-state index is 0.244. The van der Waals surface area contributed by atoms with Gasteiger partial charge in [0.1, 0.15) is 5.82 Å². The van der Waals surface area contributed by atoms with E-state index in [1.54, 1.807) is 0 Å². The fraction of sp³-hybridized carbons (Fsp3) is 0.600. The van der Waals surface area contributed by atoms with Gasteiger partial charge >= 0.3 is 0 Å². The quantitative estimate of drug-likeness (QED) is 0.912. The lowest BCUT2D eigenvalue weighted by Gasteiger charge is -2.35. The number of rotatable bonds is 4.